The second kappa shape index (κ2) is 6.52. The Morgan fingerprint density at radius 2 is 1.77 bits per heavy atom. The zero-order valence-corrected chi connectivity index (χ0v) is 16.0. The SMILES string of the molecule is CC(C)(N)CC(C)(C)OCC1CC(C)(C)CC(C)(C)/C=C\O1. The fourth-order valence-corrected chi connectivity index (χ4v) is 3.93. The third-order valence-corrected chi connectivity index (χ3v) is 4.05. The highest BCUT2D eigenvalue weighted by atomic mass is 16.5. The lowest BCUT2D eigenvalue weighted by atomic mass is 9.72. The van der Waals surface area contributed by atoms with Gasteiger partial charge >= 0.3 is 0 Å². The Morgan fingerprint density at radius 3 is 2.32 bits per heavy atom. The summed E-state index contributed by atoms with van der Waals surface area (Å²) in [6.07, 6.45) is 7.11. The lowest BCUT2D eigenvalue weighted by molar-refractivity contribution is -0.0847. The third-order valence-electron chi connectivity index (χ3n) is 4.05. The predicted octanol–water partition coefficient (Wildman–Crippen LogP) is 4.65. The minimum absolute atomic E-state index is 0.0995. The van der Waals surface area contributed by atoms with Gasteiger partial charge in [0.2, 0.25) is 0 Å². The topological polar surface area (TPSA) is 44.5 Å². The van der Waals surface area contributed by atoms with Crippen molar-refractivity contribution in [3.8, 4) is 0 Å². The van der Waals surface area contributed by atoms with Crippen LogP contribution in [0.3, 0.4) is 0 Å². The van der Waals surface area contributed by atoms with Gasteiger partial charge in [0.05, 0.1) is 18.5 Å². The standard InChI is InChI=1S/C19H37NO2/c1-16(2)9-10-21-15(11-17(3,4)13-16)12-22-19(7,8)14-18(5,6)20/h9-10,15H,11-14,20H2,1-8H3/b10-9-. The van der Waals surface area contributed by atoms with Crippen molar-refractivity contribution in [1.82, 2.24) is 0 Å². The molecule has 0 saturated carbocycles. The van der Waals surface area contributed by atoms with Crippen LogP contribution >= 0.6 is 0 Å². The predicted molar refractivity (Wildman–Crippen MR) is 93.7 cm³/mol. The molecular weight excluding hydrogens is 274 g/mol. The highest BCUT2D eigenvalue weighted by Crippen LogP contribution is 2.40. The molecule has 0 aliphatic carbocycles. The van der Waals surface area contributed by atoms with Crippen LogP contribution in [-0.2, 0) is 9.47 Å². The number of allylic oxidation sites excluding steroid dienone is 1. The van der Waals surface area contributed by atoms with Gasteiger partial charge in [0.1, 0.15) is 6.10 Å². The maximum Gasteiger partial charge on any atom is 0.122 e. The normalized spacial score (nSPS) is 26.7. The van der Waals surface area contributed by atoms with Gasteiger partial charge < -0.3 is 15.2 Å². The van der Waals surface area contributed by atoms with Crippen molar-refractivity contribution in [3.63, 3.8) is 0 Å². The summed E-state index contributed by atoms with van der Waals surface area (Å²) in [7, 11) is 0. The highest BCUT2D eigenvalue weighted by molar-refractivity contribution is 4.97. The summed E-state index contributed by atoms with van der Waals surface area (Å²) >= 11 is 0. The van der Waals surface area contributed by atoms with Crippen molar-refractivity contribution in [2.45, 2.75) is 91.9 Å². The summed E-state index contributed by atoms with van der Waals surface area (Å²) in [5.74, 6) is 0. The Balaban J connectivity index is 2.66. The number of nitrogens with two attached hydrogens (primary N) is 1. The van der Waals surface area contributed by atoms with Crippen LogP contribution in [0.5, 0.6) is 0 Å². The summed E-state index contributed by atoms with van der Waals surface area (Å²) < 4.78 is 12.1. The average molecular weight is 312 g/mol. The van der Waals surface area contributed by atoms with Crippen LogP contribution in [-0.4, -0.2) is 23.9 Å². The number of ether oxygens (including phenoxy) is 2. The smallest absolute Gasteiger partial charge is 0.122 e. The molecule has 1 aliphatic rings. The molecule has 0 radical (unpaired) electrons. The fraction of sp³-hybridized carbons (Fsp3) is 0.895. The Hall–Kier alpha value is -0.540. The Labute approximate surface area is 137 Å². The maximum absolute atomic E-state index is 6.15. The lowest BCUT2D eigenvalue weighted by Crippen LogP contribution is -2.43. The molecule has 0 spiro atoms. The van der Waals surface area contributed by atoms with E-state index in [1.165, 1.54) is 0 Å². The van der Waals surface area contributed by atoms with Gasteiger partial charge in [-0.3, -0.25) is 0 Å². The van der Waals surface area contributed by atoms with Crippen LogP contribution in [0.1, 0.15) is 74.7 Å². The largest absolute Gasteiger partial charge is 0.496 e. The monoisotopic (exact) mass is 311 g/mol. The van der Waals surface area contributed by atoms with E-state index in [0.29, 0.717) is 6.61 Å². The lowest BCUT2D eigenvalue weighted by Gasteiger charge is -2.39. The van der Waals surface area contributed by atoms with E-state index < -0.39 is 0 Å². The van der Waals surface area contributed by atoms with Gasteiger partial charge in [0.25, 0.3) is 0 Å². The highest BCUT2D eigenvalue weighted by Gasteiger charge is 2.33. The molecule has 1 atom stereocenters. The molecule has 3 nitrogen and oxygen atoms in total. The number of hydrogen-bond acceptors (Lipinski definition) is 3. The number of rotatable bonds is 5. The maximum atomic E-state index is 6.15. The van der Waals surface area contributed by atoms with E-state index in [1.807, 2.05) is 20.1 Å². The quantitative estimate of drug-likeness (QED) is 0.803. The van der Waals surface area contributed by atoms with Gasteiger partial charge in [-0.2, -0.15) is 0 Å². The van der Waals surface area contributed by atoms with Crippen LogP contribution < -0.4 is 5.73 Å². The van der Waals surface area contributed by atoms with Crippen LogP contribution in [0, 0.1) is 10.8 Å². The van der Waals surface area contributed by atoms with E-state index in [-0.39, 0.29) is 28.1 Å². The Kier molecular flexibility index (Phi) is 5.79. The molecule has 0 aromatic carbocycles. The van der Waals surface area contributed by atoms with Crippen LogP contribution in [0.4, 0.5) is 0 Å². The first-order chi connectivity index (χ1) is 9.70. The minimum Gasteiger partial charge on any atom is -0.496 e. The second-order valence-corrected chi connectivity index (χ2v) is 9.83. The van der Waals surface area contributed by atoms with Crippen LogP contribution in [0.15, 0.2) is 12.3 Å². The van der Waals surface area contributed by atoms with E-state index in [1.54, 1.807) is 0 Å². The molecule has 1 rings (SSSR count). The summed E-state index contributed by atoms with van der Waals surface area (Å²) in [6.45, 7) is 18.1. The van der Waals surface area contributed by atoms with Crippen molar-refractivity contribution in [2.75, 3.05) is 6.61 Å². The van der Waals surface area contributed by atoms with E-state index >= 15 is 0 Å². The van der Waals surface area contributed by atoms with Crippen molar-refractivity contribution >= 4 is 0 Å². The van der Waals surface area contributed by atoms with E-state index in [9.17, 15) is 0 Å². The molecule has 1 unspecified atom stereocenters. The molecular formula is C19H37NO2. The summed E-state index contributed by atoms with van der Waals surface area (Å²) in [5.41, 5.74) is 6.07. The molecule has 1 aliphatic heterocycles. The Morgan fingerprint density at radius 1 is 1.18 bits per heavy atom. The first kappa shape index (κ1) is 19.5. The van der Waals surface area contributed by atoms with Crippen molar-refractivity contribution in [2.24, 2.45) is 16.6 Å². The summed E-state index contributed by atoms with van der Waals surface area (Å²) in [4.78, 5) is 0. The Bertz CT molecular complexity index is 389. The van der Waals surface area contributed by atoms with Crippen molar-refractivity contribution in [3.05, 3.63) is 12.3 Å². The molecule has 1 heterocycles. The molecule has 2 N–H and O–H groups in total. The molecule has 0 aromatic rings. The van der Waals surface area contributed by atoms with Gasteiger partial charge in [0.15, 0.2) is 0 Å². The summed E-state index contributed by atoms with van der Waals surface area (Å²) in [5, 5.41) is 0. The molecule has 22 heavy (non-hydrogen) atoms. The van der Waals surface area contributed by atoms with E-state index in [0.717, 1.165) is 19.3 Å². The second-order valence-electron chi connectivity index (χ2n) is 9.83. The molecule has 0 fully saturated rings. The molecule has 0 bridgehead atoms. The molecule has 3 heteroatoms. The average Bonchev–Trinajstić information content (AvgIpc) is 2.18. The van der Waals surface area contributed by atoms with Crippen molar-refractivity contribution in [1.29, 1.82) is 0 Å². The van der Waals surface area contributed by atoms with Gasteiger partial charge in [0, 0.05) is 5.54 Å². The third kappa shape index (κ3) is 7.64. The number of hydrogen-bond donors (Lipinski definition) is 1. The molecule has 0 aromatic heterocycles. The zero-order valence-electron chi connectivity index (χ0n) is 16.0. The molecule has 0 saturated heterocycles. The van der Waals surface area contributed by atoms with Crippen molar-refractivity contribution < 1.29 is 9.47 Å². The first-order valence-corrected chi connectivity index (χ1v) is 8.46. The van der Waals surface area contributed by atoms with Crippen LogP contribution in [0.2, 0.25) is 0 Å². The van der Waals surface area contributed by atoms with E-state index in [2.05, 4.69) is 47.6 Å². The van der Waals surface area contributed by atoms with Gasteiger partial charge in [-0.15, -0.1) is 0 Å². The molecule has 130 valence electrons. The first-order valence-electron chi connectivity index (χ1n) is 8.46. The van der Waals surface area contributed by atoms with Crippen LogP contribution in [0.25, 0.3) is 0 Å². The minimum atomic E-state index is -0.239. The fourth-order valence-electron chi connectivity index (χ4n) is 3.93. The van der Waals surface area contributed by atoms with Gasteiger partial charge in [-0.25, -0.2) is 0 Å². The summed E-state index contributed by atoms with van der Waals surface area (Å²) in [6, 6.07) is 0. The molecule has 0 amide bonds. The van der Waals surface area contributed by atoms with E-state index in [4.69, 9.17) is 15.2 Å². The van der Waals surface area contributed by atoms with Gasteiger partial charge in [-0.1, -0.05) is 27.7 Å². The van der Waals surface area contributed by atoms with Gasteiger partial charge in [-0.05, 0) is 63.9 Å². The zero-order chi connectivity index (χ0) is 17.2.